The Kier molecular flexibility index (Phi) is 15.9. The van der Waals surface area contributed by atoms with E-state index in [0.29, 0.717) is 0 Å². The Morgan fingerprint density at radius 2 is 0.941 bits per heavy atom. The molecule has 1 aromatic carbocycles. The van der Waals surface area contributed by atoms with E-state index >= 15 is 0 Å². The Balaban J connectivity index is 0. The zero-order valence-electron chi connectivity index (χ0n) is 17.5. The van der Waals surface area contributed by atoms with E-state index in [1.165, 1.54) is 11.1 Å². The molecule has 34 heavy (non-hydrogen) atoms. The Hall–Kier alpha value is -3.22. The summed E-state index contributed by atoms with van der Waals surface area (Å²) in [5.74, 6) is 2.04. The predicted octanol–water partition coefficient (Wildman–Crippen LogP) is -1.10. The highest BCUT2D eigenvalue weighted by Crippen LogP contribution is 2.08. The molecule has 0 saturated heterocycles. The van der Waals surface area contributed by atoms with Crippen molar-refractivity contribution in [3.8, 4) is 0 Å². The van der Waals surface area contributed by atoms with Crippen LogP contribution in [0, 0.1) is 0 Å². The summed E-state index contributed by atoms with van der Waals surface area (Å²) in [5, 5.41) is 6.72. The summed E-state index contributed by atoms with van der Waals surface area (Å²) in [6.07, 6.45) is 3.83. The molecular formula is C18H26N4O10S2. The van der Waals surface area contributed by atoms with Crippen LogP contribution in [-0.2, 0) is 33.9 Å². The Morgan fingerprint density at radius 3 is 1.18 bits per heavy atom. The molecule has 2 heterocycles. The van der Waals surface area contributed by atoms with Gasteiger partial charge in [0, 0.05) is 12.1 Å². The van der Waals surface area contributed by atoms with Crippen molar-refractivity contribution < 1.29 is 56.0 Å². The van der Waals surface area contributed by atoms with Crippen molar-refractivity contribution in [3.05, 3.63) is 84.2 Å². The van der Waals surface area contributed by atoms with Gasteiger partial charge in [0.2, 0.25) is 20.8 Å². The van der Waals surface area contributed by atoms with Gasteiger partial charge in [-0.15, -0.1) is 0 Å². The summed E-state index contributed by atoms with van der Waals surface area (Å²) >= 11 is 0. The number of hydrogen-bond acceptors (Lipinski definition) is 8. The fourth-order valence-electron chi connectivity index (χ4n) is 2.18. The van der Waals surface area contributed by atoms with Crippen LogP contribution in [0.5, 0.6) is 0 Å². The molecule has 2 aromatic heterocycles. The van der Waals surface area contributed by atoms with E-state index in [-0.39, 0.29) is 11.0 Å². The number of anilines is 2. The molecule has 3 aromatic rings. The predicted molar refractivity (Wildman–Crippen MR) is 119 cm³/mol. The van der Waals surface area contributed by atoms with Crippen molar-refractivity contribution >= 4 is 32.4 Å². The van der Waals surface area contributed by atoms with Crippen LogP contribution in [0.25, 0.3) is 0 Å². The second-order valence-corrected chi connectivity index (χ2v) is 7.64. The highest BCUT2D eigenvalue weighted by Gasteiger charge is 2.03. The van der Waals surface area contributed by atoms with Crippen molar-refractivity contribution in [2.24, 2.45) is 0 Å². The lowest BCUT2D eigenvalue weighted by Crippen LogP contribution is -2.12. The van der Waals surface area contributed by atoms with E-state index in [9.17, 15) is 0 Å². The summed E-state index contributed by atoms with van der Waals surface area (Å²) in [4.78, 5) is 6.33. The third-order valence-electron chi connectivity index (χ3n) is 3.41. The number of aromatic nitrogens is 2. The molecule has 190 valence electrons. The number of hydrogen-bond donors (Lipinski definition) is 4. The molecule has 10 N–H and O–H groups in total. The first kappa shape index (κ1) is 33.0. The summed E-state index contributed by atoms with van der Waals surface area (Å²) in [6.45, 7) is 1.61. The number of nitrogens with one attached hydrogen (secondary N) is 4. The van der Waals surface area contributed by atoms with E-state index in [0.717, 1.165) is 24.7 Å². The number of H-pyrrole nitrogens is 2. The maximum Gasteiger partial charge on any atom is 0.272 e. The van der Waals surface area contributed by atoms with Gasteiger partial charge in [0.1, 0.15) is 13.1 Å². The first-order valence-corrected chi connectivity index (χ1v) is 11.5. The lowest BCUT2D eigenvalue weighted by Gasteiger charge is -2.03. The van der Waals surface area contributed by atoms with Crippen molar-refractivity contribution in [1.82, 2.24) is 0 Å². The van der Waals surface area contributed by atoms with E-state index in [1.54, 1.807) is 0 Å². The molecule has 14 nitrogen and oxygen atoms in total. The van der Waals surface area contributed by atoms with Crippen LogP contribution in [0.15, 0.2) is 73.1 Å². The SMILES string of the molecule is O.O.O=S(=O)([O-])O.O=S(=O)([O-])O.c1ccc(NCc2ccc(CNc3cccc[nH+]3)cc2)[nH+]c1. The van der Waals surface area contributed by atoms with Crippen LogP contribution >= 0.6 is 0 Å². The van der Waals surface area contributed by atoms with Gasteiger partial charge in [0.15, 0.2) is 0 Å². The molecule has 0 spiro atoms. The summed E-state index contributed by atoms with van der Waals surface area (Å²) in [6, 6.07) is 20.6. The second kappa shape index (κ2) is 16.4. The van der Waals surface area contributed by atoms with Crippen LogP contribution in [-0.4, -0.2) is 46.0 Å². The summed E-state index contributed by atoms with van der Waals surface area (Å²) in [5.41, 5.74) is 2.51. The minimum Gasteiger partial charge on any atom is -0.726 e. The zero-order valence-corrected chi connectivity index (χ0v) is 19.1. The lowest BCUT2D eigenvalue weighted by molar-refractivity contribution is -0.361. The maximum atomic E-state index is 8.63. The van der Waals surface area contributed by atoms with Crippen LogP contribution in [0.3, 0.4) is 0 Å². The molecule has 3 rings (SSSR count). The molecule has 0 unspecified atom stereocenters. The second-order valence-electron chi connectivity index (χ2n) is 5.93. The quantitative estimate of drug-likeness (QED) is 0.224. The molecule has 0 amide bonds. The van der Waals surface area contributed by atoms with E-state index in [2.05, 4.69) is 44.9 Å². The smallest absolute Gasteiger partial charge is 0.272 e. The molecular weight excluding hydrogens is 496 g/mol. The highest BCUT2D eigenvalue weighted by atomic mass is 32.3. The Bertz CT molecular complexity index is 1020. The van der Waals surface area contributed by atoms with E-state index in [4.69, 9.17) is 35.0 Å². The molecule has 0 atom stereocenters. The van der Waals surface area contributed by atoms with Gasteiger partial charge in [-0.05, 0) is 23.3 Å². The monoisotopic (exact) mass is 522 g/mol. The van der Waals surface area contributed by atoms with E-state index < -0.39 is 20.8 Å². The molecule has 0 aliphatic heterocycles. The third-order valence-corrected chi connectivity index (χ3v) is 3.41. The Morgan fingerprint density at radius 1 is 0.647 bits per heavy atom. The molecule has 0 bridgehead atoms. The summed E-state index contributed by atoms with van der Waals surface area (Å²) < 4.78 is 65.7. The maximum absolute atomic E-state index is 8.63. The van der Waals surface area contributed by atoms with E-state index in [1.807, 2.05) is 48.8 Å². The average molecular weight is 523 g/mol. The third kappa shape index (κ3) is 20.7. The first-order valence-electron chi connectivity index (χ1n) is 8.76. The van der Waals surface area contributed by atoms with Gasteiger partial charge in [0.25, 0.3) is 11.6 Å². The largest absolute Gasteiger partial charge is 0.726 e. The first-order chi connectivity index (χ1) is 14.9. The molecule has 0 saturated carbocycles. The van der Waals surface area contributed by atoms with Gasteiger partial charge >= 0.3 is 0 Å². The van der Waals surface area contributed by atoms with Crippen molar-refractivity contribution in [2.75, 3.05) is 10.6 Å². The molecule has 0 radical (unpaired) electrons. The van der Waals surface area contributed by atoms with Crippen molar-refractivity contribution in [1.29, 1.82) is 0 Å². The topological polar surface area (TPSA) is 270 Å². The summed E-state index contributed by atoms with van der Waals surface area (Å²) in [7, 11) is -9.83. The fraction of sp³-hybridized carbons (Fsp3) is 0.111. The van der Waals surface area contributed by atoms with Gasteiger partial charge in [-0.1, -0.05) is 36.4 Å². The highest BCUT2D eigenvalue weighted by molar-refractivity contribution is 7.80. The number of pyridine rings is 2. The normalized spacial score (nSPS) is 10.0. The number of rotatable bonds is 6. The zero-order chi connectivity index (χ0) is 24.0. The number of aromatic amines is 2. The van der Waals surface area contributed by atoms with Crippen molar-refractivity contribution in [2.45, 2.75) is 13.1 Å². The standard InChI is InChI=1S/C18H18N4.2H2O4S.2H2O/c1-3-11-19-17(5-1)21-13-15-7-9-16(10-8-15)14-22-18-6-2-4-12-20-18;2*1-5(2,3)4;;/h1-12H,13-14H2,(H,19,21)(H,20,22);2*(H2,1,2,3,4);2*1H2. The minimum atomic E-state index is -4.92. The Labute approximate surface area is 196 Å². The van der Waals surface area contributed by atoms with Gasteiger partial charge in [-0.3, -0.25) is 19.7 Å². The molecule has 0 fully saturated rings. The fourth-order valence-corrected chi connectivity index (χ4v) is 2.18. The van der Waals surface area contributed by atoms with Gasteiger partial charge < -0.3 is 20.1 Å². The molecule has 16 heteroatoms. The van der Waals surface area contributed by atoms with Gasteiger partial charge in [-0.2, -0.15) is 0 Å². The van der Waals surface area contributed by atoms with Gasteiger partial charge in [-0.25, -0.2) is 26.8 Å². The van der Waals surface area contributed by atoms with Crippen LogP contribution in [0.1, 0.15) is 11.1 Å². The lowest BCUT2D eigenvalue weighted by atomic mass is 10.1. The van der Waals surface area contributed by atoms with Crippen molar-refractivity contribution in [3.63, 3.8) is 0 Å². The van der Waals surface area contributed by atoms with Crippen LogP contribution in [0.4, 0.5) is 11.6 Å². The molecule has 0 aliphatic carbocycles. The average Bonchev–Trinajstić information content (AvgIpc) is 2.71. The number of benzene rings is 1. The minimum absolute atomic E-state index is 0. The van der Waals surface area contributed by atoms with Crippen LogP contribution < -0.4 is 20.6 Å². The van der Waals surface area contributed by atoms with Crippen LogP contribution in [0.2, 0.25) is 0 Å². The molecule has 0 aliphatic rings. The van der Waals surface area contributed by atoms with Gasteiger partial charge in [0.05, 0.1) is 12.4 Å².